The molecule has 0 bridgehead atoms. The van der Waals surface area contributed by atoms with E-state index < -0.39 is 18.3 Å². The largest absolute Gasteiger partial charge is 0.386 e. The summed E-state index contributed by atoms with van der Waals surface area (Å²) < 4.78 is 36.9. The molecule has 2 N–H and O–H groups in total. The van der Waals surface area contributed by atoms with Crippen molar-refractivity contribution in [3.8, 4) is 6.07 Å². The molecule has 0 spiro atoms. The van der Waals surface area contributed by atoms with E-state index >= 15 is 0 Å². The second-order valence-corrected chi connectivity index (χ2v) is 3.49. The van der Waals surface area contributed by atoms with E-state index in [0.717, 1.165) is 6.07 Å². The van der Waals surface area contributed by atoms with Crippen molar-refractivity contribution in [1.82, 2.24) is 5.32 Å². The summed E-state index contributed by atoms with van der Waals surface area (Å²) in [6, 6.07) is 5.52. The van der Waals surface area contributed by atoms with Crippen molar-refractivity contribution in [2.45, 2.75) is 19.1 Å². The van der Waals surface area contributed by atoms with Gasteiger partial charge in [0.1, 0.15) is 11.9 Å². The van der Waals surface area contributed by atoms with Crippen LogP contribution in [0.15, 0.2) is 18.2 Å². The van der Waals surface area contributed by atoms with Crippen LogP contribution in [-0.2, 0) is 6.54 Å². The Kier molecular flexibility index (Phi) is 4.94. The normalized spacial score (nSPS) is 12.5. The smallest absolute Gasteiger partial charge is 0.265 e. The molecule has 0 radical (unpaired) electrons. The first-order valence-corrected chi connectivity index (χ1v) is 4.89. The number of nitrogens with one attached hydrogen (secondary N) is 1. The topological polar surface area (TPSA) is 56.0 Å². The van der Waals surface area contributed by atoms with Crippen LogP contribution in [0.1, 0.15) is 11.1 Å². The maximum Gasteiger partial charge on any atom is 0.265 e. The lowest BCUT2D eigenvalue weighted by Crippen LogP contribution is -2.31. The van der Waals surface area contributed by atoms with Gasteiger partial charge in [0.2, 0.25) is 0 Å². The number of aliphatic hydroxyl groups is 1. The summed E-state index contributed by atoms with van der Waals surface area (Å²) >= 11 is 0. The molecule has 6 heteroatoms. The summed E-state index contributed by atoms with van der Waals surface area (Å²) in [5.41, 5.74) is 0.624. The minimum atomic E-state index is -2.82. The van der Waals surface area contributed by atoms with Crippen LogP contribution >= 0.6 is 0 Å². The van der Waals surface area contributed by atoms with Crippen LogP contribution in [0.2, 0.25) is 0 Å². The maximum absolute atomic E-state index is 13.0. The minimum Gasteiger partial charge on any atom is -0.386 e. The molecule has 0 aromatic heterocycles. The Hall–Kier alpha value is -1.58. The van der Waals surface area contributed by atoms with Crippen LogP contribution in [0.3, 0.4) is 0 Å². The predicted molar refractivity (Wildman–Crippen MR) is 54.8 cm³/mol. The molecule has 0 fully saturated rings. The van der Waals surface area contributed by atoms with Crippen molar-refractivity contribution in [2.75, 3.05) is 6.54 Å². The average molecular weight is 244 g/mol. The average Bonchev–Trinajstić information content (AvgIpc) is 2.27. The monoisotopic (exact) mass is 244 g/mol. The lowest BCUT2D eigenvalue weighted by Gasteiger charge is -2.10. The van der Waals surface area contributed by atoms with E-state index in [-0.39, 0.29) is 18.7 Å². The first kappa shape index (κ1) is 13.5. The summed E-state index contributed by atoms with van der Waals surface area (Å²) in [7, 11) is 0. The molecular formula is C11H11F3N2O. The Balaban J connectivity index is 2.52. The molecule has 3 nitrogen and oxygen atoms in total. The number of benzene rings is 1. The van der Waals surface area contributed by atoms with Gasteiger partial charge in [0, 0.05) is 13.1 Å². The van der Waals surface area contributed by atoms with E-state index in [1.807, 2.05) is 0 Å². The molecule has 1 unspecified atom stereocenters. The SMILES string of the molecule is N#Cc1cc(F)cc(CNCC(O)C(F)F)c1. The maximum atomic E-state index is 13.0. The Morgan fingerprint density at radius 1 is 1.35 bits per heavy atom. The highest BCUT2D eigenvalue weighted by Gasteiger charge is 2.15. The van der Waals surface area contributed by atoms with Gasteiger partial charge in [-0.2, -0.15) is 5.26 Å². The van der Waals surface area contributed by atoms with Gasteiger partial charge in [-0.15, -0.1) is 0 Å². The van der Waals surface area contributed by atoms with Crippen LogP contribution in [0.4, 0.5) is 13.2 Å². The highest BCUT2D eigenvalue weighted by atomic mass is 19.3. The molecule has 0 saturated carbocycles. The van der Waals surface area contributed by atoms with Gasteiger partial charge >= 0.3 is 0 Å². The molecule has 0 amide bonds. The third kappa shape index (κ3) is 4.43. The standard InChI is InChI=1S/C11H11F3N2O/c12-9-2-7(4-15)1-8(3-9)5-16-6-10(17)11(13)14/h1-3,10-11,16-17H,5-6H2. The van der Waals surface area contributed by atoms with Crippen molar-refractivity contribution in [3.63, 3.8) is 0 Å². The first-order chi connectivity index (χ1) is 8.02. The molecule has 0 aliphatic heterocycles. The van der Waals surface area contributed by atoms with E-state index in [9.17, 15) is 13.2 Å². The van der Waals surface area contributed by atoms with E-state index in [4.69, 9.17) is 10.4 Å². The molecular weight excluding hydrogens is 233 g/mol. The fourth-order valence-corrected chi connectivity index (χ4v) is 1.27. The number of hydrogen-bond donors (Lipinski definition) is 2. The molecule has 0 aliphatic carbocycles. The molecule has 92 valence electrons. The Morgan fingerprint density at radius 3 is 2.65 bits per heavy atom. The van der Waals surface area contributed by atoms with Crippen molar-refractivity contribution >= 4 is 0 Å². The fraction of sp³-hybridized carbons (Fsp3) is 0.364. The quantitative estimate of drug-likeness (QED) is 0.823. The number of alkyl halides is 2. The summed E-state index contributed by atoms with van der Waals surface area (Å²) in [6.07, 6.45) is -4.57. The van der Waals surface area contributed by atoms with Gasteiger partial charge in [-0.25, -0.2) is 13.2 Å². The third-order valence-electron chi connectivity index (χ3n) is 2.06. The van der Waals surface area contributed by atoms with Crippen LogP contribution in [0.25, 0.3) is 0 Å². The lowest BCUT2D eigenvalue weighted by molar-refractivity contribution is -0.00341. The third-order valence-corrected chi connectivity index (χ3v) is 2.06. The highest BCUT2D eigenvalue weighted by Crippen LogP contribution is 2.08. The molecule has 1 aromatic carbocycles. The number of hydrogen-bond acceptors (Lipinski definition) is 3. The van der Waals surface area contributed by atoms with E-state index in [0.29, 0.717) is 5.56 Å². The zero-order valence-corrected chi connectivity index (χ0v) is 8.83. The number of rotatable bonds is 5. The molecule has 17 heavy (non-hydrogen) atoms. The molecule has 0 aliphatic rings. The van der Waals surface area contributed by atoms with Gasteiger partial charge in [-0.05, 0) is 23.8 Å². The predicted octanol–water partition coefficient (Wildman–Crippen LogP) is 1.41. The number of nitrogens with zero attached hydrogens (tertiary/aromatic N) is 1. The van der Waals surface area contributed by atoms with Crippen molar-refractivity contribution < 1.29 is 18.3 Å². The van der Waals surface area contributed by atoms with Gasteiger partial charge in [-0.1, -0.05) is 0 Å². The van der Waals surface area contributed by atoms with E-state index in [2.05, 4.69) is 5.32 Å². The highest BCUT2D eigenvalue weighted by molar-refractivity contribution is 5.33. The second-order valence-electron chi connectivity index (χ2n) is 3.49. The van der Waals surface area contributed by atoms with Crippen LogP contribution < -0.4 is 5.32 Å². The van der Waals surface area contributed by atoms with Gasteiger partial charge in [0.25, 0.3) is 6.43 Å². The number of aliphatic hydroxyl groups excluding tert-OH is 1. The van der Waals surface area contributed by atoms with E-state index in [1.54, 1.807) is 6.07 Å². The van der Waals surface area contributed by atoms with Gasteiger partial charge in [0.05, 0.1) is 11.6 Å². The first-order valence-electron chi connectivity index (χ1n) is 4.89. The van der Waals surface area contributed by atoms with Crippen LogP contribution in [-0.4, -0.2) is 24.2 Å². The van der Waals surface area contributed by atoms with Crippen LogP contribution in [0, 0.1) is 17.1 Å². The zero-order chi connectivity index (χ0) is 12.8. The Labute approximate surface area is 96.5 Å². The second kappa shape index (κ2) is 6.23. The fourth-order valence-electron chi connectivity index (χ4n) is 1.27. The van der Waals surface area contributed by atoms with Crippen molar-refractivity contribution in [2.24, 2.45) is 0 Å². The zero-order valence-electron chi connectivity index (χ0n) is 8.83. The van der Waals surface area contributed by atoms with Crippen molar-refractivity contribution in [3.05, 3.63) is 35.1 Å². The number of nitriles is 1. The Morgan fingerprint density at radius 2 is 2.06 bits per heavy atom. The summed E-state index contributed by atoms with van der Waals surface area (Å²) in [5, 5.41) is 20.0. The van der Waals surface area contributed by atoms with Gasteiger partial charge < -0.3 is 10.4 Å². The molecule has 1 rings (SSSR count). The molecule has 0 saturated heterocycles. The number of halogens is 3. The van der Waals surface area contributed by atoms with Gasteiger partial charge in [-0.3, -0.25) is 0 Å². The molecule has 0 heterocycles. The lowest BCUT2D eigenvalue weighted by atomic mass is 10.1. The summed E-state index contributed by atoms with van der Waals surface area (Å²) in [5.74, 6) is -0.560. The van der Waals surface area contributed by atoms with Crippen LogP contribution in [0.5, 0.6) is 0 Å². The van der Waals surface area contributed by atoms with E-state index in [1.165, 1.54) is 12.1 Å². The summed E-state index contributed by atoms with van der Waals surface area (Å²) in [6.45, 7) is -0.188. The molecule has 1 aromatic rings. The summed E-state index contributed by atoms with van der Waals surface area (Å²) in [4.78, 5) is 0. The Bertz CT molecular complexity index is 418. The molecule has 1 atom stereocenters. The van der Waals surface area contributed by atoms with Crippen molar-refractivity contribution in [1.29, 1.82) is 5.26 Å². The van der Waals surface area contributed by atoms with Gasteiger partial charge in [0.15, 0.2) is 0 Å². The minimum absolute atomic E-state index is 0.107.